The fourth-order valence-corrected chi connectivity index (χ4v) is 0.537. The van der Waals surface area contributed by atoms with Gasteiger partial charge in [0.1, 0.15) is 0 Å². The third-order valence-electron chi connectivity index (χ3n) is 0.862. The van der Waals surface area contributed by atoms with Crippen molar-refractivity contribution in [2.75, 3.05) is 0 Å². The summed E-state index contributed by atoms with van der Waals surface area (Å²) in [6, 6.07) is 0. The molecule has 0 aliphatic carbocycles. The minimum atomic E-state index is 0.805. The van der Waals surface area contributed by atoms with Crippen LogP contribution in [0.4, 0.5) is 0 Å². The maximum absolute atomic E-state index is 4.65. The van der Waals surface area contributed by atoms with Gasteiger partial charge in [-0.15, -0.1) is 0 Å². The normalized spacial score (nSPS) is 9.57. The van der Waals surface area contributed by atoms with Crippen LogP contribution in [0.15, 0.2) is 0 Å². The zero-order valence-electron chi connectivity index (χ0n) is 4.98. The van der Waals surface area contributed by atoms with Crippen molar-refractivity contribution < 1.29 is 0 Å². The summed E-state index contributed by atoms with van der Waals surface area (Å²) in [5.74, 6) is 0.805. The van der Waals surface area contributed by atoms with Gasteiger partial charge in [-0.3, -0.25) is 0 Å². The average molecular weight is 116 g/mol. The van der Waals surface area contributed by atoms with Gasteiger partial charge >= 0.3 is 0 Å². The van der Waals surface area contributed by atoms with E-state index in [-0.39, 0.29) is 0 Å². The smallest absolute Gasteiger partial charge is 0.0210 e. The minimum Gasteiger partial charge on any atom is -0.0935 e. The molecule has 0 aromatic carbocycles. The molecule has 0 radical (unpaired) electrons. The molecule has 0 aromatic heterocycles. The molecule has 0 saturated heterocycles. The second-order valence-electron chi connectivity index (χ2n) is 2.14. The van der Waals surface area contributed by atoms with Crippen LogP contribution in [-0.2, 0) is 0 Å². The molecule has 0 unspecified atom stereocenters. The highest BCUT2D eigenvalue weighted by atomic mass is 32.1. The lowest BCUT2D eigenvalue weighted by molar-refractivity contribution is 0.608. The van der Waals surface area contributed by atoms with E-state index in [4.69, 9.17) is 0 Å². The van der Waals surface area contributed by atoms with Crippen LogP contribution in [0.25, 0.3) is 0 Å². The van der Waals surface area contributed by atoms with Crippen LogP contribution in [0.3, 0.4) is 0 Å². The number of thiocarbonyl (C=S) groups is 1. The van der Waals surface area contributed by atoms with E-state index in [2.05, 4.69) is 26.1 Å². The first kappa shape index (κ1) is 7.09. The predicted molar refractivity (Wildman–Crippen MR) is 37.7 cm³/mol. The number of hydrogen-bond acceptors (Lipinski definition) is 1. The molecule has 0 N–H and O–H groups in total. The van der Waals surface area contributed by atoms with Crippen molar-refractivity contribution in [1.82, 2.24) is 0 Å². The largest absolute Gasteiger partial charge is 0.0935 e. The Kier molecular flexibility index (Phi) is 4.31. The van der Waals surface area contributed by atoms with E-state index < -0.39 is 0 Å². The van der Waals surface area contributed by atoms with Crippen molar-refractivity contribution in [1.29, 1.82) is 0 Å². The van der Waals surface area contributed by atoms with Crippen molar-refractivity contribution in [3.05, 3.63) is 0 Å². The van der Waals surface area contributed by atoms with E-state index in [1.807, 2.05) is 0 Å². The van der Waals surface area contributed by atoms with Crippen LogP contribution >= 0.6 is 12.2 Å². The van der Waals surface area contributed by atoms with Gasteiger partial charge in [0, 0.05) is 0 Å². The van der Waals surface area contributed by atoms with Gasteiger partial charge in [0.25, 0.3) is 0 Å². The first-order chi connectivity index (χ1) is 3.27. The van der Waals surface area contributed by atoms with E-state index in [0.717, 1.165) is 12.3 Å². The summed E-state index contributed by atoms with van der Waals surface area (Å²) in [6.45, 7) is 4.41. The topological polar surface area (TPSA) is 0 Å². The van der Waals surface area contributed by atoms with Crippen LogP contribution in [0.5, 0.6) is 0 Å². The van der Waals surface area contributed by atoms with E-state index in [1.54, 1.807) is 5.37 Å². The molecule has 0 amide bonds. The van der Waals surface area contributed by atoms with Gasteiger partial charge in [-0.2, -0.15) is 0 Å². The molecule has 0 heterocycles. The zero-order valence-corrected chi connectivity index (χ0v) is 5.79. The lowest BCUT2D eigenvalue weighted by Gasteiger charge is -1.96. The second kappa shape index (κ2) is 4.25. The van der Waals surface area contributed by atoms with Crippen LogP contribution in [-0.4, -0.2) is 5.37 Å². The van der Waals surface area contributed by atoms with Crippen molar-refractivity contribution >= 4 is 17.6 Å². The van der Waals surface area contributed by atoms with Gasteiger partial charge in [0.2, 0.25) is 0 Å². The Morgan fingerprint density at radius 3 is 2.29 bits per heavy atom. The average Bonchev–Trinajstić information content (AvgIpc) is 1.61. The first-order valence-corrected chi connectivity index (χ1v) is 3.18. The Hall–Kier alpha value is 0.0900. The molecule has 0 nitrogen and oxygen atoms in total. The van der Waals surface area contributed by atoms with Gasteiger partial charge in [-0.25, -0.2) is 0 Å². The van der Waals surface area contributed by atoms with E-state index in [1.165, 1.54) is 6.42 Å². The molecule has 42 valence electrons. The van der Waals surface area contributed by atoms with E-state index in [0.29, 0.717) is 0 Å². The molecule has 0 aliphatic heterocycles. The van der Waals surface area contributed by atoms with Gasteiger partial charge in [0.05, 0.1) is 0 Å². The Balaban J connectivity index is 2.81. The maximum Gasteiger partial charge on any atom is -0.0210 e. The Bertz CT molecular complexity index is 48.1. The summed E-state index contributed by atoms with van der Waals surface area (Å²) in [5, 5.41) is 1.81. The van der Waals surface area contributed by atoms with Crippen LogP contribution in [0, 0.1) is 5.92 Å². The quantitative estimate of drug-likeness (QED) is 0.510. The highest BCUT2D eigenvalue weighted by Crippen LogP contribution is 2.00. The Morgan fingerprint density at radius 2 is 2.14 bits per heavy atom. The van der Waals surface area contributed by atoms with Gasteiger partial charge in [0.15, 0.2) is 0 Å². The summed E-state index contributed by atoms with van der Waals surface area (Å²) < 4.78 is 0. The summed E-state index contributed by atoms with van der Waals surface area (Å²) >= 11 is 4.65. The monoisotopic (exact) mass is 116 g/mol. The van der Waals surface area contributed by atoms with Gasteiger partial charge in [-0.05, 0) is 24.1 Å². The molecular weight excluding hydrogens is 104 g/mol. The zero-order chi connectivity index (χ0) is 5.70. The molecule has 7 heavy (non-hydrogen) atoms. The second-order valence-corrected chi connectivity index (χ2v) is 2.47. The highest BCUT2D eigenvalue weighted by molar-refractivity contribution is 7.78. The SMILES string of the molecule is CC(C)CCC=S. The van der Waals surface area contributed by atoms with E-state index in [9.17, 15) is 0 Å². The summed E-state index contributed by atoms with van der Waals surface area (Å²) in [5.41, 5.74) is 0. The molecule has 0 spiro atoms. The predicted octanol–water partition coefficient (Wildman–Crippen LogP) is 2.42. The summed E-state index contributed by atoms with van der Waals surface area (Å²) in [7, 11) is 0. The number of rotatable bonds is 3. The third-order valence-corrected chi connectivity index (χ3v) is 1.10. The molecule has 0 saturated carbocycles. The van der Waals surface area contributed by atoms with Gasteiger partial charge in [-0.1, -0.05) is 26.1 Å². The molecular formula is C6H12S. The molecule has 0 aliphatic rings. The highest BCUT2D eigenvalue weighted by Gasteiger charge is 1.87. The molecule has 1 heteroatoms. The fourth-order valence-electron chi connectivity index (χ4n) is 0.401. The van der Waals surface area contributed by atoms with Crippen molar-refractivity contribution in [3.8, 4) is 0 Å². The number of hydrogen-bond donors (Lipinski definition) is 0. The van der Waals surface area contributed by atoms with Crippen LogP contribution in [0.1, 0.15) is 26.7 Å². The fraction of sp³-hybridized carbons (Fsp3) is 0.833. The van der Waals surface area contributed by atoms with Crippen molar-refractivity contribution in [2.24, 2.45) is 5.92 Å². The first-order valence-electron chi connectivity index (χ1n) is 2.71. The van der Waals surface area contributed by atoms with Crippen LogP contribution in [0.2, 0.25) is 0 Å². The summed E-state index contributed by atoms with van der Waals surface area (Å²) in [4.78, 5) is 0. The Morgan fingerprint density at radius 1 is 1.57 bits per heavy atom. The lowest BCUT2D eigenvalue weighted by atomic mass is 10.1. The van der Waals surface area contributed by atoms with E-state index >= 15 is 0 Å². The van der Waals surface area contributed by atoms with Gasteiger partial charge < -0.3 is 0 Å². The lowest BCUT2D eigenvalue weighted by Crippen LogP contribution is -1.84. The van der Waals surface area contributed by atoms with Crippen LogP contribution < -0.4 is 0 Å². The standard InChI is InChI=1S/C6H12S/c1-6(2)4-3-5-7/h5-6H,3-4H2,1-2H3. The molecule has 0 bridgehead atoms. The van der Waals surface area contributed by atoms with Crippen molar-refractivity contribution in [3.63, 3.8) is 0 Å². The minimum absolute atomic E-state index is 0.805. The summed E-state index contributed by atoms with van der Waals surface area (Å²) in [6.07, 6.45) is 2.33. The van der Waals surface area contributed by atoms with Crippen molar-refractivity contribution in [2.45, 2.75) is 26.7 Å². The molecule has 0 fully saturated rings. The molecule has 0 atom stereocenters. The molecule has 0 rings (SSSR count). The maximum atomic E-state index is 4.65. The third kappa shape index (κ3) is 6.09. The molecule has 0 aromatic rings. The Labute approximate surface area is 50.9 Å².